The average Bonchev–Trinajstić information content (AvgIpc) is 2.82. The summed E-state index contributed by atoms with van der Waals surface area (Å²) in [6.07, 6.45) is -4.42. The maximum Gasteiger partial charge on any atom is 0.306 e. The molecule has 1 heterocycles. The normalized spacial score (nSPS) is 24.1. The maximum atomic E-state index is 11.8. The summed E-state index contributed by atoms with van der Waals surface area (Å²) in [6.45, 7) is 0.300. The lowest BCUT2D eigenvalue weighted by Gasteiger charge is -2.46. The van der Waals surface area contributed by atoms with Crippen molar-refractivity contribution < 1.29 is 43.9 Å². The standard InChI is InChI=1S/C26H30O9/c27-22(28)12-11-20-19(13-23(29)30)25(33-15-17-7-3-1-4-8-17)26(21(35-20)14-24(31)32)34-16-18-9-5-2-6-10-18/h1-10,19-21,25-26H,11-16H2,(H,27,28)(H,29,30)(H,31,32)/t19-,20?,21+,25?,26?/m0/s1. The van der Waals surface area contributed by atoms with Crippen LogP contribution in [0.5, 0.6) is 0 Å². The number of aliphatic carboxylic acids is 3. The molecule has 1 aliphatic heterocycles. The molecule has 35 heavy (non-hydrogen) atoms. The summed E-state index contributed by atoms with van der Waals surface area (Å²) in [5.41, 5.74) is 1.71. The van der Waals surface area contributed by atoms with E-state index in [2.05, 4.69) is 0 Å². The van der Waals surface area contributed by atoms with Gasteiger partial charge in [-0.3, -0.25) is 14.4 Å². The third-order valence-electron chi connectivity index (χ3n) is 5.94. The van der Waals surface area contributed by atoms with Crippen LogP contribution in [0.1, 0.15) is 36.8 Å². The van der Waals surface area contributed by atoms with Crippen LogP contribution < -0.4 is 0 Å². The van der Waals surface area contributed by atoms with Crippen molar-refractivity contribution in [3.8, 4) is 0 Å². The van der Waals surface area contributed by atoms with Gasteiger partial charge in [-0.15, -0.1) is 0 Å². The quantitative estimate of drug-likeness (QED) is 0.389. The first-order valence-electron chi connectivity index (χ1n) is 11.5. The van der Waals surface area contributed by atoms with Gasteiger partial charge in [-0.05, 0) is 17.5 Å². The van der Waals surface area contributed by atoms with Gasteiger partial charge in [-0.25, -0.2) is 0 Å². The molecule has 0 aromatic heterocycles. The Hall–Kier alpha value is -3.27. The Kier molecular flexibility index (Phi) is 9.77. The van der Waals surface area contributed by atoms with E-state index in [1.54, 1.807) is 0 Å². The summed E-state index contributed by atoms with van der Waals surface area (Å²) >= 11 is 0. The van der Waals surface area contributed by atoms with Crippen molar-refractivity contribution in [2.75, 3.05) is 0 Å². The van der Waals surface area contributed by atoms with E-state index in [0.717, 1.165) is 11.1 Å². The minimum atomic E-state index is -1.11. The van der Waals surface area contributed by atoms with Gasteiger partial charge in [-0.1, -0.05) is 60.7 Å². The van der Waals surface area contributed by atoms with Crippen LogP contribution in [0.25, 0.3) is 0 Å². The number of carboxylic acid groups (broad SMARTS) is 3. The van der Waals surface area contributed by atoms with E-state index in [1.807, 2.05) is 60.7 Å². The Bertz CT molecular complexity index is 963. The zero-order valence-corrected chi connectivity index (χ0v) is 19.2. The molecule has 1 fully saturated rings. The zero-order valence-electron chi connectivity index (χ0n) is 19.2. The van der Waals surface area contributed by atoms with Crippen molar-refractivity contribution in [1.29, 1.82) is 0 Å². The summed E-state index contributed by atoms with van der Waals surface area (Å²) in [6, 6.07) is 18.6. The predicted molar refractivity (Wildman–Crippen MR) is 124 cm³/mol. The van der Waals surface area contributed by atoms with Crippen LogP contribution in [0.15, 0.2) is 60.7 Å². The van der Waals surface area contributed by atoms with E-state index < -0.39 is 54.7 Å². The molecule has 0 amide bonds. The Balaban J connectivity index is 1.92. The SMILES string of the molecule is O=C(O)CCC1O[C@H](CC(=O)O)C(OCc2ccccc2)C(OCc2ccccc2)[C@H]1CC(=O)O. The van der Waals surface area contributed by atoms with E-state index in [1.165, 1.54) is 0 Å². The Morgan fingerprint density at radius 1 is 0.686 bits per heavy atom. The van der Waals surface area contributed by atoms with E-state index in [4.69, 9.17) is 14.2 Å². The first-order valence-corrected chi connectivity index (χ1v) is 11.5. The van der Waals surface area contributed by atoms with Gasteiger partial charge in [0.1, 0.15) is 6.10 Å². The summed E-state index contributed by atoms with van der Waals surface area (Å²) in [4.78, 5) is 34.6. The third kappa shape index (κ3) is 8.17. The molecule has 0 spiro atoms. The number of carbonyl (C=O) groups is 3. The molecule has 1 aliphatic rings. The molecular weight excluding hydrogens is 456 g/mol. The Morgan fingerprint density at radius 2 is 1.20 bits per heavy atom. The zero-order chi connectivity index (χ0) is 25.2. The van der Waals surface area contributed by atoms with Crippen LogP contribution in [0.3, 0.4) is 0 Å². The maximum absolute atomic E-state index is 11.8. The lowest BCUT2D eigenvalue weighted by atomic mass is 9.81. The van der Waals surface area contributed by atoms with Crippen LogP contribution in [0, 0.1) is 5.92 Å². The van der Waals surface area contributed by atoms with Gasteiger partial charge in [0.05, 0.1) is 44.4 Å². The monoisotopic (exact) mass is 486 g/mol. The fraction of sp³-hybridized carbons (Fsp3) is 0.423. The predicted octanol–water partition coefficient (Wildman–Crippen LogP) is 3.36. The lowest BCUT2D eigenvalue weighted by Crippen LogP contribution is -2.57. The molecule has 188 valence electrons. The molecule has 9 heteroatoms. The van der Waals surface area contributed by atoms with E-state index in [-0.39, 0.29) is 32.5 Å². The first-order chi connectivity index (χ1) is 16.8. The van der Waals surface area contributed by atoms with Crippen LogP contribution in [0.4, 0.5) is 0 Å². The fourth-order valence-corrected chi connectivity index (χ4v) is 4.36. The molecule has 1 saturated heterocycles. The smallest absolute Gasteiger partial charge is 0.306 e. The van der Waals surface area contributed by atoms with Gasteiger partial charge in [0.25, 0.3) is 0 Å². The van der Waals surface area contributed by atoms with Gasteiger partial charge in [0.2, 0.25) is 0 Å². The molecular formula is C26H30O9. The number of rotatable bonds is 13. The minimum Gasteiger partial charge on any atom is -0.481 e. The second kappa shape index (κ2) is 13.0. The number of hydrogen-bond donors (Lipinski definition) is 3. The van der Waals surface area contributed by atoms with Gasteiger partial charge in [0.15, 0.2) is 0 Å². The lowest BCUT2D eigenvalue weighted by molar-refractivity contribution is -0.239. The number of hydrogen-bond acceptors (Lipinski definition) is 6. The Morgan fingerprint density at radius 3 is 1.69 bits per heavy atom. The summed E-state index contributed by atoms with van der Waals surface area (Å²) in [7, 11) is 0. The molecule has 0 aliphatic carbocycles. The van der Waals surface area contributed by atoms with Gasteiger partial charge in [0, 0.05) is 12.3 Å². The number of ether oxygens (including phenoxy) is 3. The molecule has 3 rings (SSSR count). The van der Waals surface area contributed by atoms with Crippen LogP contribution in [0.2, 0.25) is 0 Å². The highest BCUT2D eigenvalue weighted by Gasteiger charge is 2.48. The fourth-order valence-electron chi connectivity index (χ4n) is 4.36. The number of benzene rings is 2. The molecule has 2 aromatic carbocycles. The van der Waals surface area contributed by atoms with Crippen LogP contribution in [-0.4, -0.2) is 57.6 Å². The highest BCUT2D eigenvalue weighted by molar-refractivity contribution is 5.68. The van der Waals surface area contributed by atoms with Gasteiger partial charge in [-0.2, -0.15) is 0 Å². The second-order valence-corrected chi connectivity index (χ2v) is 8.53. The highest BCUT2D eigenvalue weighted by Crippen LogP contribution is 2.37. The molecule has 3 N–H and O–H groups in total. The van der Waals surface area contributed by atoms with Crippen LogP contribution >= 0.6 is 0 Å². The van der Waals surface area contributed by atoms with Crippen molar-refractivity contribution in [2.45, 2.75) is 63.3 Å². The molecule has 0 saturated carbocycles. The highest BCUT2D eigenvalue weighted by atomic mass is 16.6. The van der Waals surface area contributed by atoms with Crippen molar-refractivity contribution in [3.05, 3.63) is 71.8 Å². The first kappa shape index (κ1) is 26.3. The summed E-state index contributed by atoms with van der Waals surface area (Å²) < 4.78 is 18.4. The molecule has 0 bridgehead atoms. The summed E-state index contributed by atoms with van der Waals surface area (Å²) in [5.74, 6) is -3.99. The molecule has 0 radical (unpaired) electrons. The van der Waals surface area contributed by atoms with Gasteiger partial charge >= 0.3 is 17.9 Å². The van der Waals surface area contributed by atoms with Gasteiger partial charge < -0.3 is 29.5 Å². The second-order valence-electron chi connectivity index (χ2n) is 8.53. The van der Waals surface area contributed by atoms with Crippen LogP contribution in [-0.2, 0) is 41.8 Å². The van der Waals surface area contributed by atoms with E-state index in [0.29, 0.717) is 0 Å². The molecule has 9 nitrogen and oxygen atoms in total. The van der Waals surface area contributed by atoms with Crippen molar-refractivity contribution in [2.24, 2.45) is 5.92 Å². The largest absolute Gasteiger partial charge is 0.481 e. The van der Waals surface area contributed by atoms with Crippen molar-refractivity contribution in [3.63, 3.8) is 0 Å². The van der Waals surface area contributed by atoms with Crippen molar-refractivity contribution in [1.82, 2.24) is 0 Å². The van der Waals surface area contributed by atoms with E-state index >= 15 is 0 Å². The molecule has 2 aromatic rings. The summed E-state index contributed by atoms with van der Waals surface area (Å²) in [5, 5.41) is 28.3. The third-order valence-corrected chi connectivity index (χ3v) is 5.94. The average molecular weight is 487 g/mol. The minimum absolute atomic E-state index is 0.0278. The number of carboxylic acids is 3. The molecule has 3 unspecified atom stereocenters. The topological polar surface area (TPSA) is 140 Å². The van der Waals surface area contributed by atoms with E-state index in [9.17, 15) is 29.7 Å². The molecule has 5 atom stereocenters. The van der Waals surface area contributed by atoms with Crippen molar-refractivity contribution >= 4 is 17.9 Å². The Labute approximate surface area is 203 Å².